The van der Waals surface area contributed by atoms with Gasteiger partial charge in [0.15, 0.2) is 0 Å². The number of pyridine rings is 1. The molecule has 24 heavy (non-hydrogen) atoms. The van der Waals surface area contributed by atoms with E-state index in [4.69, 9.17) is 0 Å². The number of fused-ring (bicyclic) bond motifs is 1. The van der Waals surface area contributed by atoms with Gasteiger partial charge in [-0.15, -0.1) is 11.3 Å². The summed E-state index contributed by atoms with van der Waals surface area (Å²) >= 11 is 1.73. The van der Waals surface area contributed by atoms with Crippen molar-refractivity contribution < 1.29 is 4.79 Å². The van der Waals surface area contributed by atoms with Gasteiger partial charge in [0.05, 0.1) is 22.1 Å². The first-order valence-electron chi connectivity index (χ1n) is 7.95. The number of anilines is 1. The van der Waals surface area contributed by atoms with Crippen LogP contribution in [-0.4, -0.2) is 40.0 Å². The van der Waals surface area contributed by atoms with Crippen LogP contribution < -0.4 is 10.2 Å². The van der Waals surface area contributed by atoms with Crippen molar-refractivity contribution in [1.29, 1.82) is 0 Å². The van der Waals surface area contributed by atoms with Crippen molar-refractivity contribution in [1.82, 2.24) is 20.3 Å². The highest BCUT2D eigenvalue weighted by molar-refractivity contribution is 7.17. The minimum absolute atomic E-state index is 0.147. The fraction of sp³-hybridized carbons (Fsp3) is 0.294. The second kappa shape index (κ2) is 6.52. The maximum absolute atomic E-state index is 12.2. The summed E-state index contributed by atoms with van der Waals surface area (Å²) in [7, 11) is 0. The summed E-state index contributed by atoms with van der Waals surface area (Å²) in [6, 6.07) is 4.31. The summed E-state index contributed by atoms with van der Waals surface area (Å²) in [5.41, 5.74) is 2.67. The van der Waals surface area contributed by atoms with Crippen LogP contribution in [0.25, 0.3) is 10.2 Å². The van der Waals surface area contributed by atoms with Crippen LogP contribution in [0.2, 0.25) is 0 Å². The van der Waals surface area contributed by atoms with Crippen LogP contribution in [0.3, 0.4) is 0 Å². The lowest BCUT2D eigenvalue weighted by Crippen LogP contribution is -2.45. The third-order valence-corrected chi connectivity index (χ3v) is 5.22. The number of nitrogens with zero attached hydrogens (tertiary/aromatic N) is 4. The lowest BCUT2D eigenvalue weighted by atomic mass is 10.0. The molecule has 6 nitrogen and oxygen atoms in total. The molecular formula is C17H17N5OS. The fourth-order valence-electron chi connectivity index (χ4n) is 3.05. The van der Waals surface area contributed by atoms with Gasteiger partial charge in [0.1, 0.15) is 5.69 Å². The van der Waals surface area contributed by atoms with E-state index in [0.717, 1.165) is 31.4 Å². The average Bonchev–Trinajstić information content (AvgIpc) is 3.12. The van der Waals surface area contributed by atoms with Crippen LogP contribution in [0.5, 0.6) is 0 Å². The maximum atomic E-state index is 12.2. The first-order chi connectivity index (χ1) is 11.8. The van der Waals surface area contributed by atoms with Gasteiger partial charge < -0.3 is 10.2 Å². The van der Waals surface area contributed by atoms with Crippen molar-refractivity contribution in [2.24, 2.45) is 0 Å². The van der Waals surface area contributed by atoms with E-state index in [9.17, 15) is 4.79 Å². The van der Waals surface area contributed by atoms with Crippen molar-refractivity contribution in [3.63, 3.8) is 0 Å². The highest BCUT2D eigenvalue weighted by Crippen LogP contribution is 2.31. The van der Waals surface area contributed by atoms with Crippen molar-refractivity contribution >= 4 is 33.1 Å². The van der Waals surface area contributed by atoms with E-state index < -0.39 is 0 Å². The number of piperidine rings is 1. The molecule has 1 aliphatic heterocycles. The molecule has 1 saturated heterocycles. The monoisotopic (exact) mass is 339 g/mol. The Morgan fingerprint density at radius 3 is 2.83 bits per heavy atom. The highest BCUT2D eigenvalue weighted by atomic mass is 32.1. The number of carbonyl (C=O) groups is 1. The SMILES string of the molecule is O=C(NC1CCN(c2ccnc3ccsc23)CC1)c1cnccn1. The van der Waals surface area contributed by atoms with Crippen LogP contribution in [0.1, 0.15) is 23.3 Å². The number of nitrogens with one attached hydrogen (secondary N) is 1. The molecule has 0 bridgehead atoms. The second-order valence-electron chi connectivity index (χ2n) is 5.79. The van der Waals surface area contributed by atoms with E-state index in [1.54, 1.807) is 17.5 Å². The number of thiophene rings is 1. The summed E-state index contributed by atoms with van der Waals surface area (Å²) in [6.07, 6.45) is 8.30. The minimum Gasteiger partial charge on any atom is -0.370 e. The standard InChI is InChI=1S/C17H17N5OS/c23-17(14-11-18-6-7-20-14)21-12-2-8-22(9-3-12)15-1-5-19-13-4-10-24-16(13)15/h1,4-7,10-12H,2-3,8-9H2,(H,21,23). The van der Waals surface area contributed by atoms with Gasteiger partial charge in [0, 0.05) is 37.7 Å². The molecule has 0 aromatic carbocycles. The lowest BCUT2D eigenvalue weighted by molar-refractivity contribution is 0.0925. The van der Waals surface area contributed by atoms with Gasteiger partial charge in [-0.05, 0) is 30.4 Å². The zero-order valence-corrected chi connectivity index (χ0v) is 13.9. The van der Waals surface area contributed by atoms with Gasteiger partial charge in [-0.25, -0.2) is 4.98 Å². The molecule has 4 rings (SSSR count). The smallest absolute Gasteiger partial charge is 0.271 e. The molecule has 0 spiro atoms. The lowest BCUT2D eigenvalue weighted by Gasteiger charge is -2.34. The largest absolute Gasteiger partial charge is 0.370 e. The molecule has 122 valence electrons. The molecule has 3 aromatic rings. The van der Waals surface area contributed by atoms with Crippen LogP contribution in [0.4, 0.5) is 5.69 Å². The molecule has 1 N–H and O–H groups in total. The molecule has 0 unspecified atom stereocenters. The quantitative estimate of drug-likeness (QED) is 0.794. The molecule has 1 fully saturated rings. The molecule has 7 heteroatoms. The molecule has 1 amide bonds. The Morgan fingerprint density at radius 1 is 1.17 bits per heavy atom. The summed E-state index contributed by atoms with van der Waals surface area (Å²) < 4.78 is 1.24. The van der Waals surface area contributed by atoms with E-state index >= 15 is 0 Å². The predicted molar refractivity (Wildman–Crippen MR) is 94.4 cm³/mol. The van der Waals surface area contributed by atoms with E-state index in [1.807, 2.05) is 6.20 Å². The molecule has 0 radical (unpaired) electrons. The van der Waals surface area contributed by atoms with E-state index in [0.29, 0.717) is 5.69 Å². The number of hydrogen-bond acceptors (Lipinski definition) is 6. The molecule has 0 atom stereocenters. The van der Waals surface area contributed by atoms with Gasteiger partial charge in [0.25, 0.3) is 5.91 Å². The molecular weight excluding hydrogens is 322 g/mol. The topological polar surface area (TPSA) is 71.0 Å². The zero-order valence-electron chi connectivity index (χ0n) is 13.1. The normalized spacial score (nSPS) is 15.6. The van der Waals surface area contributed by atoms with Crippen molar-refractivity contribution in [2.75, 3.05) is 18.0 Å². The maximum Gasteiger partial charge on any atom is 0.271 e. The Morgan fingerprint density at radius 2 is 2.04 bits per heavy atom. The summed E-state index contributed by atoms with van der Waals surface area (Å²) in [4.78, 5) is 26.9. The summed E-state index contributed by atoms with van der Waals surface area (Å²) in [5.74, 6) is -0.147. The number of amides is 1. The Kier molecular flexibility index (Phi) is 4.08. The van der Waals surface area contributed by atoms with Crippen LogP contribution in [0, 0.1) is 0 Å². The van der Waals surface area contributed by atoms with Crippen LogP contribution >= 0.6 is 11.3 Å². The van der Waals surface area contributed by atoms with E-state index in [2.05, 4.69) is 42.7 Å². The average molecular weight is 339 g/mol. The molecule has 0 saturated carbocycles. The Hall–Kier alpha value is -2.54. The molecule has 4 heterocycles. The Labute approximate surface area is 143 Å². The van der Waals surface area contributed by atoms with Gasteiger partial charge in [-0.3, -0.25) is 14.8 Å². The molecule has 0 aliphatic carbocycles. The fourth-order valence-corrected chi connectivity index (χ4v) is 3.94. The Balaban J connectivity index is 1.40. The van der Waals surface area contributed by atoms with Gasteiger partial charge in [0.2, 0.25) is 0 Å². The van der Waals surface area contributed by atoms with Crippen LogP contribution in [-0.2, 0) is 0 Å². The van der Waals surface area contributed by atoms with E-state index in [1.165, 1.54) is 22.8 Å². The number of hydrogen-bond donors (Lipinski definition) is 1. The molecule has 1 aliphatic rings. The van der Waals surface area contributed by atoms with Crippen molar-refractivity contribution in [2.45, 2.75) is 18.9 Å². The summed E-state index contributed by atoms with van der Waals surface area (Å²) in [6.45, 7) is 1.84. The third-order valence-electron chi connectivity index (χ3n) is 4.29. The first kappa shape index (κ1) is 15.0. The predicted octanol–water partition coefficient (Wildman–Crippen LogP) is 2.49. The van der Waals surface area contributed by atoms with Crippen molar-refractivity contribution in [3.05, 3.63) is 48.0 Å². The first-order valence-corrected chi connectivity index (χ1v) is 8.83. The van der Waals surface area contributed by atoms with E-state index in [-0.39, 0.29) is 11.9 Å². The molecule has 3 aromatic heterocycles. The zero-order chi connectivity index (χ0) is 16.4. The summed E-state index contributed by atoms with van der Waals surface area (Å²) in [5, 5.41) is 5.14. The van der Waals surface area contributed by atoms with Gasteiger partial charge >= 0.3 is 0 Å². The van der Waals surface area contributed by atoms with Crippen molar-refractivity contribution in [3.8, 4) is 0 Å². The Bertz CT molecular complexity index is 842. The second-order valence-corrected chi connectivity index (χ2v) is 6.71. The third kappa shape index (κ3) is 2.94. The minimum atomic E-state index is -0.147. The van der Waals surface area contributed by atoms with Crippen LogP contribution in [0.15, 0.2) is 42.3 Å². The van der Waals surface area contributed by atoms with Gasteiger partial charge in [-0.2, -0.15) is 0 Å². The number of aromatic nitrogens is 3. The number of rotatable bonds is 3. The highest BCUT2D eigenvalue weighted by Gasteiger charge is 2.23. The van der Waals surface area contributed by atoms with Gasteiger partial charge in [-0.1, -0.05) is 0 Å². The number of carbonyl (C=O) groups excluding carboxylic acids is 1.